The first-order valence-electron chi connectivity index (χ1n) is 9.11. The Hall–Kier alpha value is -2.02. The second-order valence-electron chi connectivity index (χ2n) is 6.77. The molecule has 7 nitrogen and oxygen atoms in total. The van der Waals surface area contributed by atoms with Crippen LogP contribution in [0.3, 0.4) is 0 Å². The number of barbiturate groups is 1. The van der Waals surface area contributed by atoms with Gasteiger partial charge in [0.15, 0.2) is 5.92 Å². The van der Waals surface area contributed by atoms with Crippen LogP contribution in [0.25, 0.3) is 0 Å². The molecular weight excluding hydrogens is 322 g/mol. The van der Waals surface area contributed by atoms with Crippen LogP contribution in [-0.2, 0) is 14.3 Å². The summed E-state index contributed by atoms with van der Waals surface area (Å²) in [7, 11) is 0. The second kappa shape index (κ2) is 8.38. The standard InChI is InChI=1S/C18H25N3O4/c22-16-15(12-19-11-14-7-4-10-25-14)17(23)21(18(24)20-16)9-8-13-5-2-1-3-6-13/h5,12,14-15H,1-4,6-11H2,(H,20,22,24)/t14-,15-/m0/s1. The molecule has 0 aromatic carbocycles. The van der Waals surface area contributed by atoms with Crippen LogP contribution in [0.2, 0.25) is 0 Å². The average Bonchev–Trinajstić information content (AvgIpc) is 3.12. The summed E-state index contributed by atoms with van der Waals surface area (Å²) in [6.07, 6.45) is 10.7. The molecule has 3 rings (SSSR count). The van der Waals surface area contributed by atoms with Crippen LogP contribution in [0.1, 0.15) is 44.9 Å². The van der Waals surface area contributed by atoms with Crippen molar-refractivity contribution in [3.63, 3.8) is 0 Å². The van der Waals surface area contributed by atoms with Crippen molar-refractivity contribution in [3.05, 3.63) is 11.6 Å². The Bertz CT molecular complexity index is 593. The number of nitrogens with one attached hydrogen (secondary N) is 1. The van der Waals surface area contributed by atoms with Crippen molar-refractivity contribution in [1.82, 2.24) is 10.2 Å². The zero-order valence-electron chi connectivity index (χ0n) is 14.4. The number of imide groups is 2. The van der Waals surface area contributed by atoms with Crippen LogP contribution in [0.15, 0.2) is 16.6 Å². The van der Waals surface area contributed by atoms with Crippen molar-refractivity contribution >= 4 is 24.1 Å². The van der Waals surface area contributed by atoms with Gasteiger partial charge in [-0.25, -0.2) is 4.79 Å². The Kier molecular flexibility index (Phi) is 5.96. The van der Waals surface area contributed by atoms with Crippen LogP contribution in [0, 0.1) is 5.92 Å². The lowest BCUT2D eigenvalue weighted by Crippen LogP contribution is -2.58. The minimum absolute atomic E-state index is 0.0639. The largest absolute Gasteiger partial charge is 0.376 e. The normalized spacial score (nSPS) is 27.8. The van der Waals surface area contributed by atoms with Crippen molar-refractivity contribution in [3.8, 4) is 0 Å². The van der Waals surface area contributed by atoms with Crippen LogP contribution >= 0.6 is 0 Å². The van der Waals surface area contributed by atoms with E-state index in [2.05, 4.69) is 16.4 Å². The molecule has 0 aromatic heterocycles. The van der Waals surface area contributed by atoms with E-state index in [1.54, 1.807) is 0 Å². The number of ether oxygens (including phenoxy) is 1. The lowest BCUT2D eigenvalue weighted by Gasteiger charge is -2.29. The smallest absolute Gasteiger partial charge is 0.330 e. The molecule has 7 heteroatoms. The summed E-state index contributed by atoms with van der Waals surface area (Å²) in [4.78, 5) is 41.9. The first kappa shape index (κ1) is 17.8. The van der Waals surface area contributed by atoms with Gasteiger partial charge in [-0.3, -0.25) is 24.8 Å². The Labute approximate surface area is 147 Å². The SMILES string of the molecule is O=C1NC(=O)N(CCC2=CCCCC2)C(=O)[C@H]1C=NC[C@@H]1CCCO1. The molecule has 4 amide bonds. The van der Waals surface area contributed by atoms with Gasteiger partial charge in [0.25, 0.3) is 0 Å². The summed E-state index contributed by atoms with van der Waals surface area (Å²) in [5, 5.41) is 2.26. The molecule has 1 N–H and O–H groups in total. The zero-order valence-corrected chi connectivity index (χ0v) is 14.4. The summed E-state index contributed by atoms with van der Waals surface area (Å²) in [5.41, 5.74) is 1.28. The number of hydrogen-bond acceptors (Lipinski definition) is 5. The van der Waals surface area contributed by atoms with E-state index in [1.165, 1.54) is 18.2 Å². The van der Waals surface area contributed by atoms with Crippen LogP contribution in [0.4, 0.5) is 4.79 Å². The molecule has 25 heavy (non-hydrogen) atoms. The molecule has 2 fully saturated rings. The molecule has 0 unspecified atom stereocenters. The third-order valence-electron chi connectivity index (χ3n) is 4.92. The van der Waals surface area contributed by atoms with E-state index < -0.39 is 23.8 Å². The van der Waals surface area contributed by atoms with Crippen molar-refractivity contribution in [1.29, 1.82) is 0 Å². The van der Waals surface area contributed by atoms with Crippen molar-refractivity contribution in [2.45, 2.75) is 51.0 Å². The maximum Gasteiger partial charge on any atom is 0.330 e. The molecule has 0 aromatic rings. The van der Waals surface area contributed by atoms with E-state index in [0.717, 1.165) is 43.6 Å². The third-order valence-corrected chi connectivity index (χ3v) is 4.92. The van der Waals surface area contributed by atoms with Gasteiger partial charge < -0.3 is 4.74 Å². The highest BCUT2D eigenvalue weighted by atomic mass is 16.5. The molecule has 0 saturated carbocycles. The fraction of sp³-hybridized carbons (Fsp3) is 0.667. The van der Waals surface area contributed by atoms with Gasteiger partial charge in [-0.1, -0.05) is 11.6 Å². The maximum absolute atomic E-state index is 12.5. The summed E-state index contributed by atoms with van der Waals surface area (Å²) < 4.78 is 5.47. The summed E-state index contributed by atoms with van der Waals surface area (Å²) in [6, 6.07) is -0.629. The fourth-order valence-electron chi connectivity index (χ4n) is 3.43. The molecule has 136 valence electrons. The maximum atomic E-state index is 12.5. The Morgan fingerprint density at radius 2 is 2.16 bits per heavy atom. The lowest BCUT2D eigenvalue weighted by molar-refractivity contribution is -0.139. The van der Waals surface area contributed by atoms with Gasteiger partial charge in [-0.2, -0.15) is 0 Å². The molecule has 1 aliphatic carbocycles. The monoisotopic (exact) mass is 347 g/mol. The third kappa shape index (κ3) is 4.54. The molecule has 2 heterocycles. The number of rotatable bonds is 6. The minimum Gasteiger partial charge on any atom is -0.376 e. The predicted octanol–water partition coefficient (Wildman–Crippen LogP) is 1.82. The van der Waals surface area contributed by atoms with Gasteiger partial charge in [0, 0.05) is 19.4 Å². The second-order valence-corrected chi connectivity index (χ2v) is 6.77. The molecule has 3 aliphatic rings. The summed E-state index contributed by atoms with van der Waals surface area (Å²) in [5.74, 6) is -2.11. The fourth-order valence-corrected chi connectivity index (χ4v) is 3.43. The lowest BCUT2D eigenvalue weighted by atomic mass is 9.97. The van der Waals surface area contributed by atoms with E-state index in [0.29, 0.717) is 19.5 Å². The van der Waals surface area contributed by atoms with E-state index in [9.17, 15) is 14.4 Å². The molecule has 0 radical (unpaired) electrons. The van der Waals surface area contributed by atoms with Crippen LogP contribution < -0.4 is 5.32 Å². The minimum atomic E-state index is -1.03. The predicted molar refractivity (Wildman–Crippen MR) is 92.2 cm³/mol. The zero-order chi connectivity index (χ0) is 17.6. The summed E-state index contributed by atoms with van der Waals surface area (Å²) in [6.45, 7) is 1.49. The van der Waals surface area contributed by atoms with Crippen molar-refractivity contribution in [2.75, 3.05) is 19.7 Å². The van der Waals surface area contributed by atoms with E-state index in [1.807, 2.05) is 0 Å². The number of amides is 4. The van der Waals surface area contributed by atoms with Gasteiger partial charge in [0.05, 0.1) is 12.6 Å². The van der Waals surface area contributed by atoms with E-state index in [4.69, 9.17) is 4.74 Å². The highest BCUT2D eigenvalue weighted by Gasteiger charge is 2.39. The van der Waals surface area contributed by atoms with Gasteiger partial charge in [0.1, 0.15) is 0 Å². The number of hydrogen-bond donors (Lipinski definition) is 1. The highest BCUT2D eigenvalue weighted by molar-refractivity contribution is 6.23. The van der Waals surface area contributed by atoms with Crippen molar-refractivity contribution in [2.24, 2.45) is 10.9 Å². The number of urea groups is 1. The van der Waals surface area contributed by atoms with Gasteiger partial charge in [-0.05, 0) is 44.9 Å². The van der Waals surface area contributed by atoms with Gasteiger partial charge in [0.2, 0.25) is 11.8 Å². The number of allylic oxidation sites excluding steroid dienone is 1. The number of carbonyl (C=O) groups excluding carboxylic acids is 3. The Morgan fingerprint density at radius 1 is 1.28 bits per heavy atom. The number of nitrogens with zero attached hydrogens (tertiary/aromatic N) is 2. The van der Waals surface area contributed by atoms with E-state index in [-0.39, 0.29) is 6.10 Å². The van der Waals surface area contributed by atoms with Crippen LogP contribution in [-0.4, -0.2) is 54.8 Å². The molecule has 2 atom stereocenters. The average molecular weight is 347 g/mol. The van der Waals surface area contributed by atoms with Gasteiger partial charge in [-0.15, -0.1) is 0 Å². The highest BCUT2D eigenvalue weighted by Crippen LogP contribution is 2.21. The first-order valence-corrected chi connectivity index (χ1v) is 9.11. The topological polar surface area (TPSA) is 88.1 Å². The Morgan fingerprint density at radius 3 is 2.88 bits per heavy atom. The summed E-state index contributed by atoms with van der Waals surface area (Å²) >= 11 is 0. The van der Waals surface area contributed by atoms with E-state index >= 15 is 0 Å². The molecule has 0 spiro atoms. The van der Waals surface area contributed by atoms with Crippen molar-refractivity contribution < 1.29 is 19.1 Å². The van der Waals surface area contributed by atoms with Gasteiger partial charge >= 0.3 is 6.03 Å². The molecule has 2 saturated heterocycles. The number of carbonyl (C=O) groups is 3. The Balaban J connectivity index is 1.57. The molecule has 2 aliphatic heterocycles. The van der Waals surface area contributed by atoms with Crippen LogP contribution in [0.5, 0.6) is 0 Å². The molecular formula is C18H25N3O4. The number of aliphatic imine (C=N–C) groups is 1. The first-order chi connectivity index (χ1) is 12.1. The molecule has 0 bridgehead atoms. The quantitative estimate of drug-likeness (QED) is 0.451.